The van der Waals surface area contributed by atoms with Gasteiger partial charge in [-0.05, 0) is 55.5 Å². The van der Waals surface area contributed by atoms with Gasteiger partial charge >= 0.3 is 0 Å². The number of pyridine rings is 1. The molecule has 3 heteroatoms. The number of nitrogens with one attached hydrogen (secondary N) is 1. The summed E-state index contributed by atoms with van der Waals surface area (Å²) in [7, 11) is 0. The third kappa shape index (κ3) is 3.27. The third-order valence-corrected chi connectivity index (χ3v) is 5.04. The Morgan fingerprint density at radius 3 is 2.28 bits per heavy atom. The molecule has 0 aliphatic heterocycles. The average Bonchev–Trinajstić information content (AvgIpc) is 2.62. The van der Waals surface area contributed by atoms with E-state index in [1.165, 1.54) is 19.3 Å². The van der Waals surface area contributed by atoms with Gasteiger partial charge < -0.3 is 5.32 Å². The predicted octanol–water partition coefficient (Wildman–Crippen LogP) is 5.91. The van der Waals surface area contributed by atoms with E-state index in [4.69, 9.17) is 0 Å². The van der Waals surface area contributed by atoms with Crippen LogP contribution in [0.25, 0.3) is 22.3 Å². The smallest absolute Gasteiger partial charge is 0.131 e. The quantitative estimate of drug-likeness (QED) is 0.642. The molecule has 2 aromatic carbocycles. The Morgan fingerprint density at radius 1 is 0.920 bits per heavy atom. The molecule has 1 aliphatic rings. The summed E-state index contributed by atoms with van der Waals surface area (Å²) in [6.07, 6.45) is 5.35. The number of hydrogen-bond acceptors (Lipinski definition) is 2. The van der Waals surface area contributed by atoms with Crippen LogP contribution in [0.5, 0.6) is 0 Å². The number of anilines is 1. The van der Waals surface area contributed by atoms with Crippen molar-refractivity contribution in [1.82, 2.24) is 4.98 Å². The first kappa shape index (κ1) is 15.8. The van der Waals surface area contributed by atoms with Gasteiger partial charge in [0.25, 0.3) is 0 Å². The highest BCUT2D eigenvalue weighted by Crippen LogP contribution is 2.34. The van der Waals surface area contributed by atoms with E-state index in [-0.39, 0.29) is 11.4 Å². The second-order valence-electron chi connectivity index (χ2n) is 7.03. The molecule has 0 amide bonds. The molecule has 0 atom stereocenters. The van der Waals surface area contributed by atoms with Crippen LogP contribution in [0.4, 0.5) is 10.2 Å². The van der Waals surface area contributed by atoms with Gasteiger partial charge in [-0.25, -0.2) is 9.37 Å². The van der Waals surface area contributed by atoms with Gasteiger partial charge in [0.1, 0.15) is 11.6 Å². The fraction of sp³-hybridized carbons (Fsp3) is 0.227. The van der Waals surface area contributed by atoms with Crippen molar-refractivity contribution in [1.29, 1.82) is 0 Å². The largest absolute Gasteiger partial charge is 0.365 e. The van der Waals surface area contributed by atoms with Crippen molar-refractivity contribution < 1.29 is 4.39 Å². The Kier molecular flexibility index (Phi) is 4.00. The average molecular weight is 332 g/mol. The number of hydrogen-bond donors (Lipinski definition) is 1. The SMILES string of the molecule is CC1(Nc2ccc(-c3ccc(-c4ccccc4)cc3F)cn2)CCC1. The van der Waals surface area contributed by atoms with Crippen LogP contribution in [0.1, 0.15) is 26.2 Å². The van der Waals surface area contributed by atoms with Gasteiger partial charge in [-0.2, -0.15) is 0 Å². The molecule has 0 unspecified atom stereocenters. The van der Waals surface area contributed by atoms with Gasteiger partial charge in [-0.1, -0.05) is 42.5 Å². The van der Waals surface area contributed by atoms with Crippen molar-refractivity contribution in [3.05, 3.63) is 72.7 Å². The van der Waals surface area contributed by atoms with Crippen LogP contribution < -0.4 is 5.32 Å². The molecule has 0 bridgehead atoms. The molecule has 126 valence electrons. The van der Waals surface area contributed by atoms with Crippen molar-refractivity contribution in [3.8, 4) is 22.3 Å². The first-order chi connectivity index (χ1) is 12.1. The fourth-order valence-corrected chi connectivity index (χ4v) is 3.33. The zero-order valence-electron chi connectivity index (χ0n) is 14.3. The second kappa shape index (κ2) is 6.32. The Morgan fingerprint density at radius 2 is 1.68 bits per heavy atom. The summed E-state index contributed by atoms with van der Waals surface area (Å²) < 4.78 is 14.6. The van der Waals surface area contributed by atoms with Crippen molar-refractivity contribution >= 4 is 5.82 Å². The van der Waals surface area contributed by atoms with Crippen molar-refractivity contribution in [3.63, 3.8) is 0 Å². The molecule has 1 fully saturated rings. The molecular weight excluding hydrogens is 311 g/mol. The van der Waals surface area contributed by atoms with Crippen LogP contribution in [0.15, 0.2) is 66.9 Å². The monoisotopic (exact) mass is 332 g/mol. The van der Waals surface area contributed by atoms with Crippen molar-refractivity contribution in [2.24, 2.45) is 0 Å². The van der Waals surface area contributed by atoms with E-state index >= 15 is 0 Å². The van der Waals surface area contributed by atoms with Gasteiger partial charge in [0.2, 0.25) is 0 Å². The van der Waals surface area contributed by atoms with Crippen molar-refractivity contribution in [2.45, 2.75) is 31.7 Å². The minimum absolute atomic E-state index is 0.164. The molecule has 3 aromatic rings. The maximum absolute atomic E-state index is 14.6. The van der Waals surface area contributed by atoms with E-state index in [0.717, 1.165) is 22.5 Å². The number of rotatable bonds is 4. The minimum atomic E-state index is -0.227. The summed E-state index contributed by atoms with van der Waals surface area (Å²) >= 11 is 0. The van der Waals surface area contributed by atoms with Gasteiger partial charge in [0, 0.05) is 22.9 Å². The van der Waals surface area contributed by atoms with Crippen LogP contribution >= 0.6 is 0 Å². The molecule has 4 rings (SSSR count). The van der Waals surface area contributed by atoms with E-state index in [2.05, 4.69) is 17.2 Å². The highest BCUT2D eigenvalue weighted by molar-refractivity contribution is 5.71. The van der Waals surface area contributed by atoms with Crippen LogP contribution in [0.3, 0.4) is 0 Å². The molecule has 1 saturated carbocycles. The second-order valence-corrected chi connectivity index (χ2v) is 7.03. The third-order valence-electron chi connectivity index (χ3n) is 5.04. The molecule has 1 aromatic heterocycles. The Balaban J connectivity index is 1.57. The summed E-state index contributed by atoms with van der Waals surface area (Å²) in [4.78, 5) is 4.47. The molecule has 0 saturated heterocycles. The van der Waals surface area contributed by atoms with Crippen LogP contribution in [-0.4, -0.2) is 10.5 Å². The minimum Gasteiger partial charge on any atom is -0.365 e. The lowest BCUT2D eigenvalue weighted by Gasteiger charge is -2.39. The predicted molar refractivity (Wildman–Crippen MR) is 101 cm³/mol. The van der Waals surface area contributed by atoms with E-state index in [9.17, 15) is 4.39 Å². The number of benzene rings is 2. The van der Waals surface area contributed by atoms with E-state index < -0.39 is 0 Å². The summed E-state index contributed by atoms with van der Waals surface area (Å²) in [5.74, 6) is 0.627. The number of aromatic nitrogens is 1. The lowest BCUT2D eigenvalue weighted by molar-refractivity contribution is 0.306. The zero-order chi connectivity index (χ0) is 17.3. The first-order valence-electron chi connectivity index (χ1n) is 8.73. The highest BCUT2D eigenvalue weighted by Gasteiger charge is 2.31. The molecule has 0 radical (unpaired) electrons. The lowest BCUT2D eigenvalue weighted by atomic mass is 9.78. The molecule has 1 heterocycles. The standard InChI is InChI=1S/C22H21FN2/c1-22(12-5-13-22)25-21-11-9-18(15-24-21)19-10-8-17(14-20(19)23)16-6-3-2-4-7-16/h2-4,6-11,14-15H,5,12-13H2,1H3,(H,24,25). The summed E-state index contributed by atoms with van der Waals surface area (Å²) in [6, 6.07) is 19.1. The highest BCUT2D eigenvalue weighted by atomic mass is 19.1. The first-order valence-corrected chi connectivity index (χ1v) is 8.73. The number of nitrogens with zero attached hydrogens (tertiary/aromatic N) is 1. The molecule has 1 aliphatic carbocycles. The summed E-state index contributed by atoms with van der Waals surface area (Å²) in [5.41, 5.74) is 3.43. The molecule has 25 heavy (non-hydrogen) atoms. The van der Waals surface area contributed by atoms with E-state index in [0.29, 0.717) is 5.56 Å². The van der Waals surface area contributed by atoms with Crippen molar-refractivity contribution in [2.75, 3.05) is 5.32 Å². The summed E-state index contributed by atoms with van der Waals surface area (Å²) in [6.45, 7) is 2.22. The Bertz CT molecular complexity index is 868. The maximum atomic E-state index is 14.6. The summed E-state index contributed by atoms with van der Waals surface area (Å²) in [5, 5.41) is 3.47. The molecule has 0 spiro atoms. The zero-order valence-corrected chi connectivity index (χ0v) is 14.3. The van der Waals surface area contributed by atoms with Crippen LogP contribution in [0, 0.1) is 5.82 Å². The molecule has 2 nitrogen and oxygen atoms in total. The molecule has 1 N–H and O–H groups in total. The van der Waals surface area contributed by atoms with Gasteiger partial charge in [0.05, 0.1) is 0 Å². The lowest BCUT2D eigenvalue weighted by Crippen LogP contribution is -2.41. The fourth-order valence-electron chi connectivity index (χ4n) is 3.33. The maximum Gasteiger partial charge on any atom is 0.131 e. The van der Waals surface area contributed by atoms with Gasteiger partial charge in [0.15, 0.2) is 0 Å². The van der Waals surface area contributed by atoms with E-state index in [1.54, 1.807) is 12.3 Å². The normalized spacial score (nSPS) is 15.4. The van der Waals surface area contributed by atoms with Gasteiger partial charge in [-0.15, -0.1) is 0 Å². The number of halogens is 1. The van der Waals surface area contributed by atoms with E-state index in [1.807, 2.05) is 54.6 Å². The topological polar surface area (TPSA) is 24.9 Å². The Hall–Kier alpha value is -2.68. The van der Waals surface area contributed by atoms with Crippen LogP contribution in [0.2, 0.25) is 0 Å². The molecular formula is C22H21FN2. The Labute approximate surface area is 147 Å². The van der Waals surface area contributed by atoms with Crippen LogP contribution in [-0.2, 0) is 0 Å². The van der Waals surface area contributed by atoms with Gasteiger partial charge in [-0.3, -0.25) is 0 Å².